The standard InChI is InChI=1S/C26H28N2O2/c27-23(16-20-10-4-1-5-11-20)18-25-24(17-21-12-6-2-7-13-21)28(25)26(29)30-19-22-14-8-3-9-15-22/h1-15,23-25H,16-19,27H2/t23-,24-,25?,28?/m0/s1. The van der Waals surface area contributed by atoms with Crippen LogP contribution in [0.15, 0.2) is 91.0 Å². The van der Waals surface area contributed by atoms with Crippen LogP contribution < -0.4 is 5.73 Å². The summed E-state index contributed by atoms with van der Waals surface area (Å²) in [6.45, 7) is 0.289. The van der Waals surface area contributed by atoms with Gasteiger partial charge in [0.2, 0.25) is 0 Å². The molecule has 0 radical (unpaired) electrons. The van der Waals surface area contributed by atoms with Crippen LogP contribution in [0.3, 0.4) is 0 Å². The van der Waals surface area contributed by atoms with Crippen molar-refractivity contribution in [3.63, 3.8) is 0 Å². The van der Waals surface area contributed by atoms with Crippen molar-refractivity contribution in [3.8, 4) is 0 Å². The summed E-state index contributed by atoms with van der Waals surface area (Å²) < 4.78 is 5.60. The van der Waals surface area contributed by atoms with Crippen LogP contribution >= 0.6 is 0 Å². The van der Waals surface area contributed by atoms with E-state index in [0.29, 0.717) is 0 Å². The summed E-state index contributed by atoms with van der Waals surface area (Å²) >= 11 is 0. The maximum atomic E-state index is 12.8. The molecule has 1 saturated heterocycles. The fraction of sp³-hybridized carbons (Fsp3) is 0.269. The molecule has 0 spiro atoms. The molecule has 0 saturated carbocycles. The predicted molar refractivity (Wildman–Crippen MR) is 119 cm³/mol. The highest BCUT2D eigenvalue weighted by Crippen LogP contribution is 2.36. The maximum absolute atomic E-state index is 12.8. The lowest BCUT2D eigenvalue weighted by molar-refractivity contribution is 0.119. The zero-order chi connectivity index (χ0) is 20.8. The van der Waals surface area contributed by atoms with E-state index in [-0.39, 0.29) is 30.8 Å². The third kappa shape index (κ3) is 5.28. The lowest BCUT2D eigenvalue weighted by Crippen LogP contribution is -2.27. The van der Waals surface area contributed by atoms with E-state index in [4.69, 9.17) is 10.5 Å². The van der Waals surface area contributed by atoms with Gasteiger partial charge in [0.15, 0.2) is 0 Å². The van der Waals surface area contributed by atoms with Crippen LogP contribution in [-0.4, -0.2) is 29.1 Å². The van der Waals surface area contributed by atoms with Gasteiger partial charge < -0.3 is 10.5 Å². The van der Waals surface area contributed by atoms with Crippen LogP contribution in [0.5, 0.6) is 0 Å². The van der Waals surface area contributed by atoms with Gasteiger partial charge in [0.1, 0.15) is 6.61 Å². The molecular formula is C26H28N2O2. The number of amides is 1. The van der Waals surface area contributed by atoms with Crippen LogP contribution in [0.1, 0.15) is 23.1 Å². The largest absolute Gasteiger partial charge is 0.445 e. The van der Waals surface area contributed by atoms with Crippen LogP contribution in [0.4, 0.5) is 4.79 Å². The summed E-state index contributed by atoms with van der Waals surface area (Å²) in [5.74, 6) is 0. The first kappa shape index (κ1) is 20.2. The van der Waals surface area contributed by atoms with Gasteiger partial charge in [0, 0.05) is 6.04 Å². The number of ether oxygens (including phenoxy) is 1. The average Bonchev–Trinajstić information content (AvgIpc) is 3.45. The summed E-state index contributed by atoms with van der Waals surface area (Å²) in [6.07, 6.45) is 2.15. The molecule has 154 valence electrons. The molecule has 1 fully saturated rings. The molecule has 0 aliphatic carbocycles. The van der Waals surface area contributed by atoms with E-state index in [2.05, 4.69) is 24.3 Å². The second-order valence-corrected chi connectivity index (χ2v) is 7.96. The van der Waals surface area contributed by atoms with Gasteiger partial charge in [-0.1, -0.05) is 91.0 Å². The second kappa shape index (κ2) is 9.59. The van der Waals surface area contributed by atoms with Crippen molar-refractivity contribution in [1.29, 1.82) is 0 Å². The van der Waals surface area contributed by atoms with Crippen molar-refractivity contribution in [2.45, 2.75) is 44.0 Å². The fourth-order valence-corrected chi connectivity index (χ4v) is 4.07. The molecule has 30 heavy (non-hydrogen) atoms. The molecule has 1 aliphatic heterocycles. The number of benzene rings is 3. The van der Waals surface area contributed by atoms with Crippen molar-refractivity contribution in [1.82, 2.24) is 4.90 Å². The molecule has 3 aromatic rings. The Balaban J connectivity index is 1.38. The third-order valence-electron chi connectivity index (χ3n) is 5.66. The number of hydrogen-bond acceptors (Lipinski definition) is 3. The Bertz CT molecular complexity index is 931. The summed E-state index contributed by atoms with van der Waals surface area (Å²) in [5, 5.41) is 0. The second-order valence-electron chi connectivity index (χ2n) is 7.96. The summed E-state index contributed by atoms with van der Waals surface area (Å²) in [6, 6.07) is 30.6. The van der Waals surface area contributed by atoms with E-state index < -0.39 is 0 Å². The first-order valence-electron chi connectivity index (χ1n) is 10.5. The summed E-state index contributed by atoms with van der Waals surface area (Å²) in [5.41, 5.74) is 9.89. The molecule has 1 amide bonds. The quantitative estimate of drug-likeness (QED) is 0.563. The Morgan fingerprint density at radius 2 is 1.33 bits per heavy atom. The Labute approximate surface area is 178 Å². The number of nitrogens with two attached hydrogens (primary N) is 1. The first-order valence-corrected chi connectivity index (χ1v) is 10.5. The number of hydrogen-bond donors (Lipinski definition) is 1. The smallest absolute Gasteiger partial charge is 0.410 e. The van der Waals surface area contributed by atoms with Crippen molar-refractivity contribution < 1.29 is 9.53 Å². The Kier molecular flexibility index (Phi) is 6.45. The van der Waals surface area contributed by atoms with Crippen LogP contribution in [0, 0.1) is 0 Å². The van der Waals surface area contributed by atoms with Gasteiger partial charge in [-0.05, 0) is 36.0 Å². The minimum absolute atomic E-state index is 0.00240. The fourth-order valence-electron chi connectivity index (χ4n) is 4.07. The molecule has 0 aromatic heterocycles. The zero-order valence-corrected chi connectivity index (χ0v) is 17.1. The van der Waals surface area contributed by atoms with E-state index in [9.17, 15) is 4.79 Å². The zero-order valence-electron chi connectivity index (χ0n) is 17.1. The van der Waals surface area contributed by atoms with Crippen LogP contribution in [-0.2, 0) is 24.2 Å². The van der Waals surface area contributed by atoms with E-state index >= 15 is 0 Å². The molecule has 1 aliphatic rings. The number of nitrogens with zero attached hydrogens (tertiary/aromatic N) is 1. The van der Waals surface area contributed by atoms with Gasteiger partial charge in [-0.15, -0.1) is 0 Å². The third-order valence-corrected chi connectivity index (χ3v) is 5.66. The summed E-state index contributed by atoms with van der Waals surface area (Å²) in [7, 11) is 0. The van der Waals surface area contributed by atoms with Crippen molar-refractivity contribution in [2.24, 2.45) is 5.73 Å². The highest BCUT2D eigenvalue weighted by atomic mass is 16.6. The van der Waals surface area contributed by atoms with Gasteiger partial charge in [-0.3, -0.25) is 4.90 Å². The molecule has 4 nitrogen and oxygen atoms in total. The minimum Gasteiger partial charge on any atom is -0.445 e. The molecular weight excluding hydrogens is 372 g/mol. The van der Waals surface area contributed by atoms with E-state index in [0.717, 1.165) is 24.8 Å². The van der Waals surface area contributed by atoms with E-state index in [1.54, 1.807) is 0 Å². The van der Waals surface area contributed by atoms with Crippen molar-refractivity contribution in [3.05, 3.63) is 108 Å². The lowest BCUT2D eigenvalue weighted by Gasteiger charge is -2.12. The van der Waals surface area contributed by atoms with Crippen molar-refractivity contribution >= 4 is 6.09 Å². The molecule has 4 rings (SSSR count). The Hall–Kier alpha value is -3.11. The monoisotopic (exact) mass is 400 g/mol. The van der Waals surface area contributed by atoms with Gasteiger partial charge in [-0.2, -0.15) is 0 Å². The molecule has 2 N–H and O–H groups in total. The number of carbonyl (C=O) groups excluding carboxylic acids is 1. The van der Waals surface area contributed by atoms with Crippen LogP contribution in [0.25, 0.3) is 0 Å². The van der Waals surface area contributed by atoms with Gasteiger partial charge >= 0.3 is 6.09 Å². The molecule has 1 unspecified atom stereocenters. The van der Waals surface area contributed by atoms with E-state index in [1.807, 2.05) is 71.6 Å². The van der Waals surface area contributed by atoms with Crippen LogP contribution in [0.2, 0.25) is 0 Å². The molecule has 4 heteroatoms. The van der Waals surface area contributed by atoms with Gasteiger partial charge in [0.25, 0.3) is 0 Å². The Morgan fingerprint density at radius 1 is 0.800 bits per heavy atom. The predicted octanol–water partition coefficient (Wildman–Crippen LogP) is 4.58. The Morgan fingerprint density at radius 3 is 1.93 bits per heavy atom. The normalized spacial score (nSPS) is 18.6. The average molecular weight is 401 g/mol. The molecule has 1 heterocycles. The minimum atomic E-state index is -0.253. The lowest BCUT2D eigenvalue weighted by atomic mass is 10.00. The first-order chi connectivity index (χ1) is 14.7. The number of carbonyl (C=O) groups is 1. The SMILES string of the molecule is N[C@@H](Cc1ccccc1)CC1[C@H](Cc2ccccc2)N1C(=O)OCc1ccccc1. The number of rotatable bonds is 8. The highest BCUT2D eigenvalue weighted by molar-refractivity contribution is 5.72. The molecule has 0 bridgehead atoms. The molecule has 3 aromatic carbocycles. The maximum Gasteiger partial charge on any atom is 0.410 e. The summed E-state index contributed by atoms with van der Waals surface area (Å²) in [4.78, 5) is 14.7. The van der Waals surface area contributed by atoms with Gasteiger partial charge in [0.05, 0.1) is 12.1 Å². The van der Waals surface area contributed by atoms with E-state index in [1.165, 1.54) is 11.1 Å². The molecule has 3 atom stereocenters. The topological polar surface area (TPSA) is 55.3 Å². The van der Waals surface area contributed by atoms with Crippen molar-refractivity contribution in [2.75, 3.05) is 0 Å². The highest BCUT2D eigenvalue weighted by Gasteiger charge is 2.51. The van der Waals surface area contributed by atoms with Gasteiger partial charge in [-0.25, -0.2) is 4.79 Å².